The predicted octanol–water partition coefficient (Wildman–Crippen LogP) is -0.695. The molecule has 16 heavy (non-hydrogen) atoms. The smallest absolute Gasteiger partial charge is 0.334 e. The summed E-state index contributed by atoms with van der Waals surface area (Å²) in [6, 6.07) is 0. The zero-order chi connectivity index (χ0) is 12.1. The third-order valence-corrected chi connectivity index (χ3v) is 1.79. The molecule has 3 N–H and O–H groups in total. The summed E-state index contributed by atoms with van der Waals surface area (Å²) < 4.78 is 0. The van der Waals surface area contributed by atoms with Gasteiger partial charge in [-0.15, -0.1) is 0 Å². The van der Waals surface area contributed by atoms with Crippen LogP contribution in [0.2, 0.25) is 5.15 Å². The Morgan fingerprint density at radius 2 is 2.12 bits per heavy atom. The Morgan fingerprint density at radius 3 is 2.62 bits per heavy atom. The average Bonchev–Trinajstić information content (AvgIpc) is 2.26. The first kappa shape index (κ1) is 12.3. The van der Waals surface area contributed by atoms with Crippen molar-refractivity contribution in [2.24, 2.45) is 0 Å². The summed E-state index contributed by atoms with van der Waals surface area (Å²) in [5.74, 6) is -2.05. The molecular formula is C8H8ClN3O4. The second-order valence-corrected chi connectivity index (χ2v) is 3.18. The van der Waals surface area contributed by atoms with Gasteiger partial charge >= 0.3 is 5.97 Å². The number of aliphatic hydroxyl groups is 1. The number of aromatic nitrogens is 2. The molecule has 8 heteroatoms. The molecule has 1 rings (SSSR count). The number of rotatable bonds is 4. The first-order valence-corrected chi connectivity index (χ1v) is 4.55. The van der Waals surface area contributed by atoms with Gasteiger partial charge in [0.05, 0.1) is 18.9 Å². The van der Waals surface area contributed by atoms with E-state index in [2.05, 4.69) is 15.3 Å². The first-order valence-electron chi connectivity index (χ1n) is 4.17. The molecule has 0 aliphatic heterocycles. The molecule has 0 radical (unpaired) electrons. The quantitative estimate of drug-likeness (QED) is 0.647. The molecule has 1 amide bonds. The van der Waals surface area contributed by atoms with Gasteiger partial charge in [-0.25, -0.2) is 14.8 Å². The largest absolute Gasteiger partial charge is 0.479 e. The molecule has 1 unspecified atom stereocenters. The van der Waals surface area contributed by atoms with Crippen LogP contribution >= 0.6 is 11.6 Å². The van der Waals surface area contributed by atoms with E-state index in [4.69, 9.17) is 21.8 Å². The van der Waals surface area contributed by atoms with Crippen LogP contribution in [0, 0.1) is 0 Å². The third kappa shape index (κ3) is 3.44. The van der Waals surface area contributed by atoms with Crippen molar-refractivity contribution in [3.8, 4) is 0 Å². The van der Waals surface area contributed by atoms with Crippen LogP contribution in [0.25, 0.3) is 0 Å². The molecule has 0 spiro atoms. The number of nitrogens with one attached hydrogen (secondary N) is 1. The minimum absolute atomic E-state index is 0.0120. The second-order valence-electron chi connectivity index (χ2n) is 2.79. The summed E-state index contributed by atoms with van der Waals surface area (Å²) in [5, 5.41) is 19.6. The van der Waals surface area contributed by atoms with Gasteiger partial charge in [-0.05, 0) is 0 Å². The number of hydrogen-bond acceptors (Lipinski definition) is 5. The van der Waals surface area contributed by atoms with Crippen LogP contribution in [-0.2, 0) is 4.79 Å². The fourth-order valence-corrected chi connectivity index (χ4v) is 0.894. The van der Waals surface area contributed by atoms with E-state index >= 15 is 0 Å². The van der Waals surface area contributed by atoms with Crippen molar-refractivity contribution in [2.75, 3.05) is 6.54 Å². The summed E-state index contributed by atoms with van der Waals surface area (Å²) in [6.45, 7) is -0.404. The molecule has 1 heterocycles. The van der Waals surface area contributed by atoms with Gasteiger partial charge in [-0.1, -0.05) is 11.6 Å². The summed E-state index contributed by atoms with van der Waals surface area (Å²) in [4.78, 5) is 28.9. The first-order chi connectivity index (χ1) is 7.50. The van der Waals surface area contributed by atoms with Crippen molar-refractivity contribution in [1.29, 1.82) is 0 Å². The molecular weight excluding hydrogens is 238 g/mol. The molecule has 0 aromatic carbocycles. The number of amides is 1. The second kappa shape index (κ2) is 5.38. The number of carboxylic acid groups (broad SMARTS) is 1. The number of carbonyl (C=O) groups excluding carboxylic acids is 1. The molecule has 86 valence electrons. The number of nitrogens with zero attached hydrogens (tertiary/aromatic N) is 2. The minimum Gasteiger partial charge on any atom is -0.479 e. The fraction of sp³-hybridized carbons (Fsp3) is 0.250. The van der Waals surface area contributed by atoms with E-state index in [-0.39, 0.29) is 10.8 Å². The van der Waals surface area contributed by atoms with Crippen molar-refractivity contribution < 1.29 is 19.8 Å². The van der Waals surface area contributed by atoms with Gasteiger partial charge in [0.25, 0.3) is 5.91 Å². The number of aliphatic hydroxyl groups excluding tert-OH is 1. The number of carbonyl (C=O) groups is 2. The van der Waals surface area contributed by atoms with Gasteiger partial charge in [0.15, 0.2) is 6.10 Å². The highest BCUT2D eigenvalue weighted by atomic mass is 35.5. The Bertz CT molecular complexity index is 395. The standard InChI is InChI=1S/C8H8ClN3O4/c9-6-3-10-4(1-11-6)7(14)12-2-5(13)8(15)16/h1,3,5,13H,2H2,(H,12,14)(H,15,16). The lowest BCUT2D eigenvalue weighted by molar-refractivity contribution is -0.146. The molecule has 1 aromatic heterocycles. The van der Waals surface area contributed by atoms with Gasteiger partial charge in [0.2, 0.25) is 0 Å². The van der Waals surface area contributed by atoms with E-state index in [1.165, 1.54) is 6.20 Å². The van der Waals surface area contributed by atoms with Gasteiger partial charge in [-0.3, -0.25) is 4.79 Å². The molecule has 0 aliphatic rings. The zero-order valence-corrected chi connectivity index (χ0v) is 8.68. The van der Waals surface area contributed by atoms with Crippen molar-refractivity contribution in [3.63, 3.8) is 0 Å². The number of hydrogen-bond donors (Lipinski definition) is 3. The molecule has 0 saturated carbocycles. The molecule has 0 aliphatic carbocycles. The van der Waals surface area contributed by atoms with Gasteiger partial charge in [-0.2, -0.15) is 0 Å². The van der Waals surface area contributed by atoms with Crippen molar-refractivity contribution in [1.82, 2.24) is 15.3 Å². The highest BCUT2D eigenvalue weighted by Gasteiger charge is 2.15. The lowest BCUT2D eigenvalue weighted by Gasteiger charge is -2.06. The molecule has 0 saturated heterocycles. The van der Waals surface area contributed by atoms with Gasteiger partial charge < -0.3 is 15.5 Å². The van der Waals surface area contributed by atoms with Crippen LogP contribution < -0.4 is 5.32 Å². The lowest BCUT2D eigenvalue weighted by Crippen LogP contribution is -2.36. The summed E-state index contributed by atoms with van der Waals surface area (Å²) >= 11 is 5.46. The topological polar surface area (TPSA) is 112 Å². The molecule has 0 fully saturated rings. The summed E-state index contributed by atoms with van der Waals surface area (Å²) in [7, 11) is 0. The van der Waals surface area contributed by atoms with Crippen LogP contribution in [0.15, 0.2) is 12.4 Å². The van der Waals surface area contributed by atoms with Crippen LogP contribution in [0.1, 0.15) is 10.5 Å². The molecule has 0 bridgehead atoms. The van der Waals surface area contributed by atoms with Crippen LogP contribution in [0.4, 0.5) is 0 Å². The predicted molar refractivity (Wildman–Crippen MR) is 53.0 cm³/mol. The summed E-state index contributed by atoms with van der Waals surface area (Å²) in [5.41, 5.74) is -0.0120. The normalized spacial score (nSPS) is 11.9. The summed E-state index contributed by atoms with van der Waals surface area (Å²) in [6.07, 6.45) is 0.679. The van der Waals surface area contributed by atoms with Crippen LogP contribution in [0.5, 0.6) is 0 Å². The maximum Gasteiger partial charge on any atom is 0.334 e. The van der Waals surface area contributed by atoms with Crippen molar-refractivity contribution in [2.45, 2.75) is 6.10 Å². The van der Waals surface area contributed by atoms with Gasteiger partial charge in [0.1, 0.15) is 10.8 Å². The Labute approximate surface area is 95.1 Å². The Morgan fingerprint density at radius 1 is 1.44 bits per heavy atom. The Kier molecular flexibility index (Phi) is 4.15. The van der Waals surface area contributed by atoms with Crippen molar-refractivity contribution in [3.05, 3.63) is 23.2 Å². The van der Waals surface area contributed by atoms with Crippen LogP contribution in [0.3, 0.4) is 0 Å². The number of aliphatic carboxylic acids is 1. The Balaban J connectivity index is 2.53. The third-order valence-electron chi connectivity index (χ3n) is 1.59. The van der Waals surface area contributed by atoms with E-state index in [0.29, 0.717) is 0 Å². The lowest BCUT2D eigenvalue weighted by atomic mass is 10.3. The SMILES string of the molecule is O=C(NCC(O)C(=O)O)c1cnc(Cl)cn1. The van der Waals surface area contributed by atoms with E-state index < -0.39 is 24.5 Å². The molecule has 1 aromatic rings. The maximum absolute atomic E-state index is 11.3. The van der Waals surface area contributed by atoms with E-state index in [0.717, 1.165) is 6.20 Å². The van der Waals surface area contributed by atoms with Gasteiger partial charge in [0, 0.05) is 0 Å². The van der Waals surface area contributed by atoms with E-state index in [1.54, 1.807) is 0 Å². The fourth-order valence-electron chi connectivity index (χ4n) is 0.797. The zero-order valence-electron chi connectivity index (χ0n) is 7.92. The van der Waals surface area contributed by atoms with E-state index in [9.17, 15) is 9.59 Å². The number of halogens is 1. The Hall–Kier alpha value is -1.73. The minimum atomic E-state index is -1.65. The number of carboxylic acids is 1. The van der Waals surface area contributed by atoms with E-state index in [1.807, 2.05) is 0 Å². The highest BCUT2D eigenvalue weighted by molar-refractivity contribution is 6.29. The van der Waals surface area contributed by atoms with Crippen molar-refractivity contribution >= 4 is 23.5 Å². The highest BCUT2D eigenvalue weighted by Crippen LogP contribution is 2.00. The average molecular weight is 246 g/mol. The molecule has 1 atom stereocenters. The van der Waals surface area contributed by atoms with Crippen LogP contribution in [-0.4, -0.2) is 44.7 Å². The maximum atomic E-state index is 11.3. The molecule has 7 nitrogen and oxygen atoms in total. The monoisotopic (exact) mass is 245 g/mol.